The highest BCUT2D eigenvalue weighted by molar-refractivity contribution is 14.0. The molecule has 0 unspecified atom stereocenters. The van der Waals surface area contributed by atoms with Crippen LogP contribution in [0.25, 0.3) is 0 Å². The van der Waals surface area contributed by atoms with Gasteiger partial charge in [-0.2, -0.15) is 0 Å². The van der Waals surface area contributed by atoms with Crippen molar-refractivity contribution >= 4 is 29.9 Å². The quantitative estimate of drug-likeness (QED) is 0.372. The largest absolute Gasteiger partial charge is 0.357 e. The summed E-state index contributed by atoms with van der Waals surface area (Å²) in [6.07, 6.45) is 7.22. The van der Waals surface area contributed by atoms with Crippen molar-refractivity contribution in [1.29, 1.82) is 0 Å². The zero-order valence-electron chi connectivity index (χ0n) is 15.7. The van der Waals surface area contributed by atoms with Crippen LogP contribution in [0.3, 0.4) is 0 Å². The summed E-state index contributed by atoms with van der Waals surface area (Å²) in [5.41, 5.74) is 4.25. The van der Waals surface area contributed by atoms with Crippen molar-refractivity contribution in [2.75, 3.05) is 19.6 Å². The molecule has 0 saturated heterocycles. The van der Waals surface area contributed by atoms with Crippen LogP contribution >= 0.6 is 24.0 Å². The Balaban J connectivity index is 0.00000243. The molecule has 140 valence electrons. The van der Waals surface area contributed by atoms with E-state index in [1.54, 1.807) is 0 Å². The molecule has 26 heavy (non-hydrogen) atoms. The predicted molar refractivity (Wildman–Crippen MR) is 119 cm³/mol. The minimum absolute atomic E-state index is 0. The molecule has 1 heterocycles. The van der Waals surface area contributed by atoms with Gasteiger partial charge in [0.25, 0.3) is 0 Å². The van der Waals surface area contributed by atoms with E-state index in [-0.39, 0.29) is 29.4 Å². The number of nitrogens with zero attached hydrogens (tertiary/aromatic N) is 2. The molecule has 1 aromatic carbocycles. The highest BCUT2D eigenvalue weighted by Gasteiger charge is 2.43. The van der Waals surface area contributed by atoms with Crippen LogP contribution in [0.1, 0.15) is 36.5 Å². The van der Waals surface area contributed by atoms with E-state index in [9.17, 15) is 0 Å². The third-order valence-electron chi connectivity index (χ3n) is 4.95. The Morgan fingerprint density at radius 1 is 1.15 bits per heavy atom. The maximum atomic E-state index is 4.86. The molecule has 1 aliphatic carbocycles. The summed E-state index contributed by atoms with van der Waals surface area (Å²) in [7, 11) is 0. The molecule has 2 aromatic rings. The second kappa shape index (κ2) is 9.90. The monoisotopic (exact) mass is 464 g/mol. The highest BCUT2D eigenvalue weighted by Crippen LogP contribution is 2.48. The number of nitrogens with one attached hydrogen (secondary N) is 2. The van der Waals surface area contributed by atoms with E-state index >= 15 is 0 Å². The summed E-state index contributed by atoms with van der Waals surface area (Å²) in [5, 5.41) is 6.83. The number of hydrogen-bond acceptors (Lipinski definition) is 2. The van der Waals surface area contributed by atoms with E-state index in [2.05, 4.69) is 65.9 Å². The Hall–Kier alpha value is -1.63. The van der Waals surface area contributed by atoms with Crippen molar-refractivity contribution in [2.24, 2.45) is 4.99 Å². The van der Waals surface area contributed by atoms with Crippen LogP contribution in [0, 0.1) is 6.92 Å². The van der Waals surface area contributed by atoms with Crippen LogP contribution in [0.15, 0.2) is 53.8 Å². The number of rotatable bonds is 7. The van der Waals surface area contributed by atoms with Crippen molar-refractivity contribution in [3.8, 4) is 0 Å². The Morgan fingerprint density at radius 2 is 1.92 bits per heavy atom. The maximum absolute atomic E-state index is 4.86. The predicted octanol–water partition coefficient (Wildman–Crippen LogP) is 3.84. The average Bonchev–Trinajstić information content (AvgIpc) is 3.43. The fourth-order valence-corrected chi connectivity index (χ4v) is 3.15. The topological polar surface area (TPSA) is 49.3 Å². The molecule has 0 atom stereocenters. The van der Waals surface area contributed by atoms with E-state index in [1.165, 1.54) is 29.5 Å². The number of aliphatic imine (C=N–C) groups is 1. The van der Waals surface area contributed by atoms with Gasteiger partial charge in [0.2, 0.25) is 0 Å². The standard InChI is InChI=1S/C21H28N4.HI/c1-3-23-20(24-14-10-18-9-13-22-15-17(18)2)25-16-21(11-12-21)19-7-5-4-6-8-19;/h4-9,13,15H,3,10-12,14,16H2,1-2H3,(H2,23,24,25);1H. The van der Waals surface area contributed by atoms with Crippen LogP contribution in [0.2, 0.25) is 0 Å². The highest BCUT2D eigenvalue weighted by atomic mass is 127. The Kier molecular flexibility index (Phi) is 7.87. The molecular formula is C21H29IN4. The van der Waals surface area contributed by atoms with Gasteiger partial charge in [0, 0.05) is 30.9 Å². The number of aromatic nitrogens is 1. The summed E-state index contributed by atoms with van der Waals surface area (Å²) in [5.74, 6) is 0.913. The number of hydrogen-bond donors (Lipinski definition) is 2. The summed E-state index contributed by atoms with van der Waals surface area (Å²) in [4.78, 5) is 9.01. The van der Waals surface area contributed by atoms with Crippen molar-refractivity contribution < 1.29 is 0 Å². The SMILES string of the molecule is CCNC(=NCC1(c2ccccc2)CC1)NCCc1ccncc1C.I. The number of aryl methyl sites for hydroxylation is 1. The first kappa shape index (κ1) is 20.7. The lowest BCUT2D eigenvalue weighted by atomic mass is 9.96. The fourth-order valence-electron chi connectivity index (χ4n) is 3.15. The van der Waals surface area contributed by atoms with Gasteiger partial charge in [-0.05, 0) is 55.9 Å². The molecule has 3 rings (SSSR count). The van der Waals surface area contributed by atoms with E-state index in [4.69, 9.17) is 4.99 Å². The molecule has 0 radical (unpaired) electrons. The molecule has 1 aromatic heterocycles. The number of guanidine groups is 1. The third kappa shape index (κ3) is 5.43. The van der Waals surface area contributed by atoms with Crippen molar-refractivity contribution in [1.82, 2.24) is 15.6 Å². The molecule has 0 bridgehead atoms. The van der Waals surface area contributed by atoms with Gasteiger partial charge < -0.3 is 10.6 Å². The number of benzene rings is 1. The molecule has 1 aliphatic rings. The van der Waals surface area contributed by atoms with Crippen LogP contribution in [0.5, 0.6) is 0 Å². The summed E-state index contributed by atoms with van der Waals surface area (Å²) >= 11 is 0. The van der Waals surface area contributed by atoms with Crippen molar-refractivity contribution in [2.45, 2.75) is 38.5 Å². The lowest BCUT2D eigenvalue weighted by Gasteiger charge is -2.16. The maximum Gasteiger partial charge on any atom is 0.191 e. The Bertz CT molecular complexity index is 711. The zero-order chi connectivity index (χ0) is 17.5. The van der Waals surface area contributed by atoms with Gasteiger partial charge in [0.1, 0.15) is 0 Å². The molecule has 5 heteroatoms. The summed E-state index contributed by atoms with van der Waals surface area (Å²) in [6, 6.07) is 12.9. The molecule has 1 fully saturated rings. The van der Waals surface area contributed by atoms with Gasteiger partial charge in [-0.1, -0.05) is 30.3 Å². The molecule has 0 aliphatic heterocycles. The summed E-state index contributed by atoms with van der Waals surface area (Å²) in [6.45, 7) is 6.81. The van der Waals surface area contributed by atoms with Crippen molar-refractivity contribution in [3.63, 3.8) is 0 Å². The van der Waals surface area contributed by atoms with Gasteiger partial charge in [0.15, 0.2) is 5.96 Å². The van der Waals surface area contributed by atoms with E-state index < -0.39 is 0 Å². The first-order valence-corrected chi connectivity index (χ1v) is 9.21. The van der Waals surface area contributed by atoms with Gasteiger partial charge in [-0.3, -0.25) is 9.98 Å². The third-order valence-corrected chi connectivity index (χ3v) is 4.95. The minimum atomic E-state index is 0. The Labute approximate surface area is 173 Å². The zero-order valence-corrected chi connectivity index (χ0v) is 18.0. The molecule has 1 saturated carbocycles. The molecular weight excluding hydrogens is 435 g/mol. The fraction of sp³-hybridized carbons (Fsp3) is 0.429. The lowest BCUT2D eigenvalue weighted by molar-refractivity contribution is 0.692. The minimum Gasteiger partial charge on any atom is -0.357 e. The van der Waals surface area contributed by atoms with Crippen LogP contribution in [-0.4, -0.2) is 30.6 Å². The normalized spacial score (nSPS) is 15.1. The molecule has 0 spiro atoms. The average molecular weight is 464 g/mol. The van der Waals surface area contributed by atoms with Gasteiger partial charge in [-0.25, -0.2) is 0 Å². The number of pyridine rings is 1. The summed E-state index contributed by atoms with van der Waals surface area (Å²) < 4.78 is 0. The molecule has 0 amide bonds. The van der Waals surface area contributed by atoms with Crippen LogP contribution in [-0.2, 0) is 11.8 Å². The first-order valence-electron chi connectivity index (χ1n) is 9.21. The van der Waals surface area contributed by atoms with E-state index in [0.29, 0.717) is 0 Å². The molecule has 4 nitrogen and oxygen atoms in total. The van der Waals surface area contributed by atoms with Crippen LogP contribution in [0.4, 0.5) is 0 Å². The first-order chi connectivity index (χ1) is 12.2. The second-order valence-corrected chi connectivity index (χ2v) is 6.82. The van der Waals surface area contributed by atoms with Crippen molar-refractivity contribution in [3.05, 3.63) is 65.5 Å². The van der Waals surface area contributed by atoms with Gasteiger partial charge in [-0.15, -0.1) is 24.0 Å². The smallest absolute Gasteiger partial charge is 0.191 e. The molecule has 2 N–H and O–H groups in total. The van der Waals surface area contributed by atoms with E-state index in [0.717, 1.165) is 32.0 Å². The van der Waals surface area contributed by atoms with Gasteiger partial charge in [0.05, 0.1) is 6.54 Å². The number of halogens is 1. The Morgan fingerprint density at radius 3 is 2.58 bits per heavy atom. The second-order valence-electron chi connectivity index (χ2n) is 6.82. The van der Waals surface area contributed by atoms with Gasteiger partial charge >= 0.3 is 0 Å². The van der Waals surface area contributed by atoms with Crippen LogP contribution < -0.4 is 10.6 Å². The van der Waals surface area contributed by atoms with E-state index in [1.807, 2.05) is 12.4 Å². The lowest BCUT2D eigenvalue weighted by Crippen LogP contribution is -2.39.